The van der Waals surface area contributed by atoms with E-state index in [1.54, 1.807) is 12.3 Å². The van der Waals surface area contributed by atoms with Gasteiger partial charge in [-0.1, -0.05) is 79.3 Å². The lowest BCUT2D eigenvalue weighted by Crippen LogP contribution is -2.47. The summed E-state index contributed by atoms with van der Waals surface area (Å²) in [6.07, 6.45) is 19.2. The molecule has 2 aromatic heterocycles. The van der Waals surface area contributed by atoms with Crippen molar-refractivity contribution in [1.29, 1.82) is 5.41 Å². The smallest absolute Gasteiger partial charge is 0.315 e. The Morgan fingerprint density at radius 3 is 2.21 bits per heavy atom. The molecule has 0 spiro atoms. The molecule has 7 N–H and O–H groups in total. The lowest BCUT2D eigenvalue weighted by Gasteiger charge is -2.26. The summed E-state index contributed by atoms with van der Waals surface area (Å²) >= 11 is 3.42. The fourth-order valence-corrected chi connectivity index (χ4v) is 14.1. The lowest BCUT2D eigenvalue weighted by atomic mass is 9.92. The molecule has 4 fully saturated rings. The summed E-state index contributed by atoms with van der Waals surface area (Å²) in [5.74, 6) is 0.970. The van der Waals surface area contributed by atoms with Crippen LogP contribution in [0.25, 0.3) is 16.9 Å². The number of thioether (sulfide) groups is 1. The van der Waals surface area contributed by atoms with Gasteiger partial charge in [-0.15, -0.1) is 11.3 Å². The number of urea groups is 1. The molecule has 20 heteroatoms. The zero-order valence-corrected chi connectivity index (χ0v) is 52.9. The van der Waals surface area contributed by atoms with Crippen LogP contribution >= 0.6 is 23.1 Å². The van der Waals surface area contributed by atoms with Gasteiger partial charge in [-0.3, -0.25) is 24.6 Å². The van der Waals surface area contributed by atoms with E-state index < -0.39 is 0 Å². The molecular formula is C67H93N9O9S2. The molecule has 4 saturated heterocycles. The minimum absolute atomic E-state index is 0.0173. The molecule has 6 amide bonds. The van der Waals surface area contributed by atoms with Crippen LogP contribution in [0.1, 0.15) is 126 Å². The summed E-state index contributed by atoms with van der Waals surface area (Å²) < 4.78 is 16.8. The number of allylic oxidation sites excluding steroid dienone is 2. The highest BCUT2D eigenvalue weighted by Gasteiger charge is 2.51. The second-order valence-corrected chi connectivity index (χ2v) is 25.3. The Hall–Kier alpha value is -6.42. The van der Waals surface area contributed by atoms with E-state index in [1.807, 2.05) is 83.6 Å². The van der Waals surface area contributed by atoms with Gasteiger partial charge < -0.3 is 55.7 Å². The number of amides is 6. The van der Waals surface area contributed by atoms with Crippen molar-refractivity contribution in [2.24, 2.45) is 0 Å². The van der Waals surface area contributed by atoms with E-state index in [-0.39, 0.29) is 58.5 Å². The summed E-state index contributed by atoms with van der Waals surface area (Å²) in [5.41, 5.74) is 5.41. The first-order chi connectivity index (χ1) is 42.2. The van der Waals surface area contributed by atoms with Crippen molar-refractivity contribution in [3.05, 3.63) is 135 Å². The van der Waals surface area contributed by atoms with E-state index in [9.17, 15) is 29.1 Å². The fourth-order valence-electron chi connectivity index (χ4n) is 11.7. The number of carbonyl (C=O) groups is 5. The number of unbranched alkanes of at least 4 members (excludes halogenated alkanes) is 1. The van der Waals surface area contributed by atoms with Crippen molar-refractivity contribution >= 4 is 69.7 Å². The number of aromatic nitrogens is 1. The highest BCUT2D eigenvalue weighted by Crippen LogP contribution is 2.40. The van der Waals surface area contributed by atoms with Crippen molar-refractivity contribution < 1.29 is 43.3 Å². The number of aliphatic hydroxyl groups is 1. The Labute approximate surface area is 522 Å². The fraction of sp³-hybridized carbons (Fsp3) is 0.537. The molecule has 0 unspecified atom stereocenters. The Morgan fingerprint density at radius 1 is 0.828 bits per heavy atom. The van der Waals surface area contributed by atoms with E-state index in [0.29, 0.717) is 127 Å². The van der Waals surface area contributed by atoms with Gasteiger partial charge in [-0.25, -0.2) is 9.78 Å². The summed E-state index contributed by atoms with van der Waals surface area (Å²) in [6, 6.07) is 15.3. The van der Waals surface area contributed by atoms with Crippen molar-refractivity contribution in [2.45, 2.75) is 139 Å². The van der Waals surface area contributed by atoms with Gasteiger partial charge in [0.2, 0.25) is 23.6 Å². The number of benzene rings is 1. The Balaban J connectivity index is 0.671. The molecule has 4 aliphatic heterocycles. The summed E-state index contributed by atoms with van der Waals surface area (Å²) in [6.45, 7) is 20.5. The first kappa shape index (κ1) is 68.1. The second-order valence-electron chi connectivity index (χ2n) is 23.1. The summed E-state index contributed by atoms with van der Waals surface area (Å²) in [4.78, 5) is 72.2. The molecule has 7 rings (SSSR count). The second kappa shape index (κ2) is 36.2. The number of aliphatic hydroxyl groups excluding tert-OH is 1. The molecule has 3 aromatic rings. The average molecular weight is 1230 g/mol. The molecule has 0 aliphatic carbocycles. The van der Waals surface area contributed by atoms with Crippen LogP contribution in [0.5, 0.6) is 0 Å². The monoisotopic (exact) mass is 1230 g/mol. The molecule has 87 heavy (non-hydrogen) atoms. The number of thiophene rings is 1. The summed E-state index contributed by atoms with van der Waals surface area (Å²) in [5, 5.41) is 38.8. The molecule has 0 bridgehead atoms. The van der Waals surface area contributed by atoms with Gasteiger partial charge in [0.1, 0.15) is 5.76 Å². The number of ether oxygens (including phenoxy) is 3. The van der Waals surface area contributed by atoms with Gasteiger partial charge >= 0.3 is 6.03 Å². The molecule has 18 nitrogen and oxygen atoms in total. The van der Waals surface area contributed by atoms with E-state index >= 15 is 0 Å². The number of fused-ring (bicyclic) bond motifs is 1. The van der Waals surface area contributed by atoms with Crippen LogP contribution in [0.3, 0.4) is 0 Å². The first-order valence-corrected chi connectivity index (χ1v) is 33.2. The van der Waals surface area contributed by atoms with Gasteiger partial charge in [0, 0.05) is 110 Å². The lowest BCUT2D eigenvalue weighted by molar-refractivity contribution is -0.126. The molecular weight excluding hydrogens is 1140 g/mol. The zero-order valence-electron chi connectivity index (χ0n) is 51.2. The third kappa shape index (κ3) is 22.0. The number of hydrogen-bond donors (Lipinski definition) is 7. The van der Waals surface area contributed by atoms with Crippen molar-refractivity contribution in [3.8, 4) is 0 Å². The quantitative estimate of drug-likeness (QED) is 0.0135. The maximum Gasteiger partial charge on any atom is 0.315 e. The van der Waals surface area contributed by atoms with Crippen LogP contribution in [0, 0.1) is 5.41 Å². The van der Waals surface area contributed by atoms with Crippen LogP contribution in [0.2, 0.25) is 0 Å². The number of carbonyl (C=O) groups excluding carboxylic acids is 5. The number of nitrogens with zero attached hydrogens (tertiary/aromatic N) is 3. The minimum Gasteiger partial charge on any atom is -0.507 e. The third-order valence-electron chi connectivity index (χ3n) is 16.5. The van der Waals surface area contributed by atoms with E-state index in [1.165, 1.54) is 16.9 Å². The van der Waals surface area contributed by atoms with Gasteiger partial charge in [-0.2, -0.15) is 11.8 Å². The molecule has 0 radical (unpaired) electrons. The maximum absolute atomic E-state index is 13.7. The average Bonchev–Trinajstić information content (AvgIpc) is 1.81. The molecule has 1 aromatic carbocycles. The Bertz CT molecular complexity index is 3040. The largest absolute Gasteiger partial charge is 0.507 e. The van der Waals surface area contributed by atoms with Crippen molar-refractivity contribution in [1.82, 2.24) is 41.4 Å². The Morgan fingerprint density at radius 2 is 1.51 bits per heavy atom. The van der Waals surface area contributed by atoms with Gasteiger partial charge in [0.25, 0.3) is 0 Å². The SMILES string of the molecule is C=C(C(O)=c1ccc(=C(C)c2c(CC(=C)[C@@H]3CCCN3C(=O)/C=C/C/C=C3/CCCN(CCNC(=O)CCCC(=O)NCCCOCCOCCOCCCNC(=O)CCCC[C@@H]4SC[C@]5(C)NC(=O)N[C@H]45)CC3)cccnc2=N)cc1)c1cccs1. The standard InChI is InChI=1S/C67H93N9O9S2/c1-48(46-54-18-10-31-72-65(68)62(54)49(2)52-26-28-53(29-27-52)63(81)50(3)56-21-13-45-86-56)55-19-12-36-76(55)61(80)25-8-5-16-51-17-11-35-75(37-30-51)38-34-71-60(79)24-9-23-59(78)70-33-15-40-84-42-44-85-43-41-83-39-14-32-69-58(77)22-7-6-20-57-64-67(4,47-87-57)74-66(82)73-64/h8,10,13,16,18,21,25-29,31,45,55,57,64,68,81H,1,3,5-7,9,11-12,14-15,17,19-20,22-24,30,32-44,46-47H2,2,4H3,(H,69,77)(H,70,78)(H,71,79)(H2,73,74,82)/b25-8+,51-16-,52-49?,63-53?,68-65?/t55-,57-,64+,67-/m0/s1. The first-order valence-electron chi connectivity index (χ1n) is 31.2. The predicted octanol–water partition coefficient (Wildman–Crippen LogP) is 7.13. The Kier molecular flexibility index (Phi) is 28.3. The van der Waals surface area contributed by atoms with E-state index in [2.05, 4.69) is 62.6 Å². The van der Waals surface area contributed by atoms with Gasteiger partial charge in [0.15, 0.2) is 5.49 Å². The minimum atomic E-state index is -0.165. The predicted molar refractivity (Wildman–Crippen MR) is 346 cm³/mol. The number of hydrogen-bond acceptors (Lipinski definition) is 14. The molecule has 4 atom stereocenters. The van der Waals surface area contributed by atoms with E-state index in [4.69, 9.17) is 19.6 Å². The topological polar surface area (TPSA) is 237 Å². The number of nitrogens with one attached hydrogen (secondary N) is 6. The highest BCUT2D eigenvalue weighted by atomic mass is 32.2. The molecule has 6 heterocycles. The molecule has 472 valence electrons. The van der Waals surface area contributed by atoms with Crippen molar-refractivity contribution in [2.75, 3.05) is 91.2 Å². The normalized spacial score (nSPS) is 19.7. The van der Waals surface area contributed by atoms with Gasteiger partial charge in [-0.05, 0) is 137 Å². The van der Waals surface area contributed by atoms with Crippen LogP contribution in [-0.4, -0.2) is 164 Å². The number of rotatable bonds is 35. The van der Waals surface area contributed by atoms with Crippen LogP contribution in [-0.2, 0) is 39.8 Å². The summed E-state index contributed by atoms with van der Waals surface area (Å²) in [7, 11) is 0. The number of likely N-dealkylation sites (tertiary alicyclic amines) is 2. The van der Waals surface area contributed by atoms with Crippen LogP contribution in [0.15, 0.2) is 103 Å². The molecule has 0 saturated carbocycles. The van der Waals surface area contributed by atoms with Gasteiger partial charge in [0.05, 0.1) is 44.1 Å². The van der Waals surface area contributed by atoms with Crippen LogP contribution in [0.4, 0.5) is 4.79 Å². The highest BCUT2D eigenvalue weighted by molar-refractivity contribution is 8.00. The maximum atomic E-state index is 13.7. The van der Waals surface area contributed by atoms with Crippen LogP contribution < -0.4 is 42.5 Å². The van der Waals surface area contributed by atoms with Crippen molar-refractivity contribution in [3.63, 3.8) is 0 Å². The zero-order chi connectivity index (χ0) is 61.8. The third-order valence-corrected chi connectivity index (χ3v) is 19.2. The molecule has 4 aliphatic rings. The van der Waals surface area contributed by atoms with E-state index in [0.717, 1.165) is 116 Å².